The number of carbonyl (C=O) groups excluding carboxylic acids is 2. The SMILES string of the molecule is O=C(O)COc1cc(OCC(=O)O)cc(C(=O)NCCNCCCOCCOCCOCCOCCOCCOCCOCCOCCOCCOCCOCCOCCNCCCCC[C@@H]2SC[C@@H]3NC(=O)N[C@@H]32)c1. The number of benzene rings is 1. The molecule has 25 nitrogen and oxygen atoms in total. The lowest BCUT2D eigenvalue weighted by Crippen LogP contribution is -2.36. The molecule has 2 aliphatic rings. The Kier molecular flexibility index (Phi) is 41.4. The predicted molar refractivity (Wildman–Crippen MR) is 279 cm³/mol. The van der Waals surface area contributed by atoms with Crippen molar-refractivity contribution in [3.05, 3.63) is 23.8 Å². The molecule has 0 radical (unpaired) electrons. The topological polar surface area (TPSA) is 298 Å². The minimum atomic E-state index is -1.20. The van der Waals surface area contributed by atoms with Crippen LogP contribution in [0, 0.1) is 0 Å². The minimum absolute atomic E-state index is 0.0135. The van der Waals surface area contributed by atoms with Gasteiger partial charge < -0.3 is 103 Å². The van der Waals surface area contributed by atoms with Crippen molar-refractivity contribution in [2.45, 2.75) is 49.4 Å². The molecule has 76 heavy (non-hydrogen) atoms. The van der Waals surface area contributed by atoms with E-state index < -0.39 is 31.1 Å². The zero-order chi connectivity index (χ0) is 54.2. The summed E-state index contributed by atoms with van der Waals surface area (Å²) in [6, 6.07) is 4.62. The van der Waals surface area contributed by atoms with Crippen molar-refractivity contribution < 1.29 is 95.7 Å². The second-order valence-electron chi connectivity index (χ2n) is 17.0. The van der Waals surface area contributed by atoms with Gasteiger partial charge >= 0.3 is 18.0 Å². The summed E-state index contributed by atoms with van der Waals surface area (Å²) in [5.41, 5.74) is 0.135. The molecule has 0 aromatic heterocycles. The van der Waals surface area contributed by atoms with Gasteiger partial charge in [-0.1, -0.05) is 12.8 Å². The van der Waals surface area contributed by atoms with Crippen molar-refractivity contribution in [3.63, 3.8) is 0 Å². The Labute approximate surface area is 451 Å². The van der Waals surface area contributed by atoms with Gasteiger partial charge in [-0.15, -0.1) is 0 Å². The Morgan fingerprint density at radius 1 is 0.474 bits per heavy atom. The third-order valence-electron chi connectivity index (χ3n) is 10.9. The van der Waals surface area contributed by atoms with E-state index in [9.17, 15) is 19.2 Å². The van der Waals surface area contributed by atoms with Crippen LogP contribution in [0.5, 0.6) is 11.5 Å². The Morgan fingerprint density at radius 3 is 1.33 bits per heavy atom. The summed E-state index contributed by atoms with van der Waals surface area (Å²) < 4.78 is 76.7. The highest BCUT2D eigenvalue weighted by Gasteiger charge is 2.42. The number of ether oxygens (including phenoxy) is 14. The quantitative estimate of drug-likeness (QED) is 0.0351. The van der Waals surface area contributed by atoms with Gasteiger partial charge in [0.25, 0.3) is 5.91 Å². The lowest BCUT2D eigenvalue weighted by atomic mass is 10.0. The first kappa shape index (κ1) is 66.6. The molecule has 2 saturated heterocycles. The third-order valence-corrected chi connectivity index (χ3v) is 12.4. The Morgan fingerprint density at radius 2 is 0.882 bits per heavy atom. The van der Waals surface area contributed by atoms with Crippen LogP contribution in [0.15, 0.2) is 18.2 Å². The molecule has 438 valence electrons. The molecule has 2 heterocycles. The van der Waals surface area contributed by atoms with Crippen LogP contribution in [0.2, 0.25) is 0 Å². The summed E-state index contributed by atoms with van der Waals surface area (Å²) in [6.07, 6.45) is 5.46. The van der Waals surface area contributed by atoms with Gasteiger partial charge in [0.1, 0.15) is 11.5 Å². The van der Waals surface area contributed by atoms with Crippen molar-refractivity contribution in [3.8, 4) is 11.5 Å². The molecule has 2 aliphatic heterocycles. The van der Waals surface area contributed by atoms with Crippen LogP contribution in [-0.2, 0) is 66.4 Å². The molecule has 3 atom stereocenters. The molecule has 0 spiro atoms. The zero-order valence-electron chi connectivity index (χ0n) is 44.3. The first-order chi connectivity index (χ1) is 37.3. The van der Waals surface area contributed by atoms with Crippen LogP contribution >= 0.6 is 11.8 Å². The molecule has 3 amide bonds. The molecule has 7 N–H and O–H groups in total. The monoisotopic (exact) mass is 1110 g/mol. The normalized spacial score (nSPS) is 15.9. The van der Waals surface area contributed by atoms with Gasteiger partial charge in [-0.3, -0.25) is 4.79 Å². The Hall–Kier alpha value is -3.71. The number of carbonyl (C=O) groups is 4. The van der Waals surface area contributed by atoms with Crippen LogP contribution in [0.4, 0.5) is 4.79 Å². The summed E-state index contributed by atoms with van der Waals surface area (Å²) in [7, 11) is 0. The molecule has 3 rings (SSSR count). The van der Waals surface area contributed by atoms with E-state index in [1.807, 2.05) is 11.8 Å². The highest BCUT2D eigenvalue weighted by molar-refractivity contribution is 8.00. The highest BCUT2D eigenvalue weighted by Crippen LogP contribution is 2.33. The zero-order valence-corrected chi connectivity index (χ0v) is 45.1. The van der Waals surface area contributed by atoms with Gasteiger partial charge in [0.15, 0.2) is 13.2 Å². The molecule has 0 saturated carbocycles. The fourth-order valence-corrected chi connectivity index (χ4v) is 8.70. The fourth-order valence-electron chi connectivity index (χ4n) is 7.16. The summed E-state index contributed by atoms with van der Waals surface area (Å²) in [5.74, 6) is -1.72. The molecular formula is C50H87N5O20S. The number of carboxylic acid groups (broad SMARTS) is 2. The lowest BCUT2D eigenvalue weighted by Gasteiger charge is -2.16. The first-order valence-corrected chi connectivity index (χ1v) is 27.5. The van der Waals surface area contributed by atoms with Crippen LogP contribution in [-0.4, -0.2) is 262 Å². The number of fused-ring (bicyclic) bond motifs is 1. The van der Waals surface area contributed by atoms with E-state index in [0.29, 0.717) is 196 Å². The molecule has 0 aliphatic carbocycles. The van der Waals surface area contributed by atoms with Crippen LogP contribution in [0.3, 0.4) is 0 Å². The van der Waals surface area contributed by atoms with Crippen molar-refractivity contribution in [1.29, 1.82) is 0 Å². The summed E-state index contributed by atoms with van der Waals surface area (Å²) in [6.45, 7) is 13.8. The molecule has 2 fully saturated rings. The van der Waals surface area contributed by atoms with Crippen molar-refractivity contribution in [2.24, 2.45) is 0 Å². The van der Waals surface area contributed by atoms with E-state index >= 15 is 0 Å². The summed E-state index contributed by atoms with van der Waals surface area (Å²) >= 11 is 1.98. The maximum Gasteiger partial charge on any atom is 0.341 e. The van der Waals surface area contributed by atoms with Gasteiger partial charge in [-0.25, -0.2) is 14.4 Å². The van der Waals surface area contributed by atoms with Crippen LogP contribution < -0.4 is 36.1 Å². The van der Waals surface area contributed by atoms with Crippen molar-refractivity contribution in [2.75, 3.05) is 210 Å². The molecule has 1 aromatic carbocycles. The molecular weight excluding hydrogens is 1020 g/mol. The summed E-state index contributed by atoms with van der Waals surface area (Å²) in [4.78, 5) is 45.8. The van der Waals surface area contributed by atoms with Gasteiger partial charge in [0, 0.05) is 48.9 Å². The van der Waals surface area contributed by atoms with Gasteiger partial charge in [0.2, 0.25) is 0 Å². The number of hydrogen-bond donors (Lipinski definition) is 7. The van der Waals surface area contributed by atoms with E-state index in [0.717, 1.165) is 38.1 Å². The van der Waals surface area contributed by atoms with E-state index in [-0.39, 0.29) is 23.1 Å². The number of thioether (sulfide) groups is 1. The number of hydrogen-bond acceptors (Lipinski definition) is 21. The number of amides is 3. The first-order valence-electron chi connectivity index (χ1n) is 26.5. The third kappa shape index (κ3) is 37.2. The van der Waals surface area contributed by atoms with Gasteiger partial charge in [0.05, 0.1) is 164 Å². The number of urea groups is 1. The smallest absolute Gasteiger partial charge is 0.341 e. The maximum atomic E-state index is 12.6. The number of rotatable bonds is 56. The van der Waals surface area contributed by atoms with E-state index in [4.69, 9.17) is 76.5 Å². The highest BCUT2D eigenvalue weighted by atomic mass is 32.2. The van der Waals surface area contributed by atoms with Crippen molar-refractivity contribution >= 4 is 35.6 Å². The fraction of sp³-hybridized carbons (Fsp3) is 0.800. The Balaban J connectivity index is 0.900. The largest absolute Gasteiger partial charge is 0.482 e. The van der Waals surface area contributed by atoms with Gasteiger partial charge in [-0.2, -0.15) is 11.8 Å². The number of nitrogens with one attached hydrogen (secondary N) is 5. The van der Waals surface area contributed by atoms with Crippen LogP contribution in [0.1, 0.15) is 42.5 Å². The van der Waals surface area contributed by atoms with Crippen molar-refractivity contribution in [1.82, 2.24) is 26.6 Å². The second kappa shape index (κ2) is 47.3. The second-order valence-corrected chi connectivity index (χ2v) is 18.3. The average molecular weight is 1110 g/mol. The van der Waals surface area contributed by atoms with E-state index in [2.05, 4.69) is 26.6 Å². The van der Waals surface area contributed by atoms with E-state index in [1.54, 1.807) is 0 Å². The standard InChI is InChI=1S/C50H87N5O20S/c56-46(57)38-74-42-35-41(36-43(37-42)75-39-47(58)59)49(60)53-9-8-51-7-4-11-62-13-15-64-17-19-66-21-23-68-25-27-70-29-31-72-33-34-73-32-30-71-28-26-69-24-22-67-20-18-65-16-14-63-12-10-52-6-3-1-2-5-45-48-44(40-76-45)54-50(61)55-48/h35-37,44-45,48,51-52H,1-34,38-40H2,(H,53,60)(H,56,57)(H,58,59)(H2,54,55,61)/t44-,45-,48-/m0/s1. The molecule has 0 bridgehead atoms. The van der Waals surface area contributed by atoms with Gasteiger partial charge in [-0.05, 0) is 44.5 Å². The predicted octanol–water partition coefficient (Wildman–Crippen LogP) is 0.838. The minimum Gasteiger partial charge on any atom is -0.482 e. The molecule has 0 unspecified atom stereocenters. The number of aliphatic carboxylic acids is 2. The van der Waals surface area contributed by atoms with E-state index in [1.165, 1.54) is 31.0 Å². The molecule has 26 heteroatoms. The lowest BCUT2D eigenvalue weighted by molar-refractivity contribution is -0.140. The number of carboxylic acids is 2. The van der Waals surface area contributed by atoms with Crippen LogP contribution in [0.25, 0.3) is 0 Å². The Bertz CT molecular complexity index is 1590. The summed E-state index contributed by atoms with van der Waals surface area (Å²) in [5, 5.41) is 33.7. The number of unbranched alkanes of at least 4 members (excludes halogenated alkanes) is 2. The maximum absolute atomic E-state index is 12.6. The average Bonchev–Trinajstić information content (AvgIpc) is 3.98. The molecule has 1 aromatic rings.